The van der Waals surface area contributed by atoms with Gasteiger partial charge in [0, 0.05) is 0 Å². The number of rotatable bonds is 4. The zero-order valence-electron chi connectivity index (χ0n) is 16.3. The molecule has 0 aromatic carbocycles. The molecular weight excluding hydrogens is 523 g/mol. The number of hydrogen-bond donors (Lipinski definition) is 0. The van der Waals surface area contributed by atoms with E-state index in [-0.39, 0.29) is 49.2 Å². The molecule has 12 nitrogen and oxygen atoms in total. The Hall–Kier alpha value is -4.12. The molecule has 0 atom stereocenters. The normalized spacial score (nSPS) is 8.73. The van der Waals surface area contributed by atoms with Crippen LogP contribution in [0.5, 0.6) is 0 Å². The van der Waals surface area contributed by atoms with Crippen molar-refractivity contribution < 1.29 is 83.5 Å². The SMILES string of the molecule is O=C([O-])c1ccco1.O=C([O-])c1ccco1.O=C([O-])c1ccco1.O=C([O-])c1ccco1.[Zr+4]. The number of hydrogen-bond acceptors (Lipinski definition) is 12. The van der Waals surface area contributed by atoms with Gasteiger partial charge in [-0.15, -0.1) is 0 Å². The molecule has 0 spiro atoms. The van der Waals surface area contributed by atoms with Crippen molar-refractivity contribution in [1.82, 2.24) is 0 Å². The summed E-state index contributed by atoms with van der Waals surface area (Å²) in [5.74, 6) is -5.67. The third-order valence-electron chi connectivity index (χ3n) is 2.89. The standard InChI is InChI=1S/4C5H4O3.Zr/c4*6-5(7)4-2-1-3-8-4;/h4*1-3H,(H,6,7);/q;;;;+4/p-4. The minimum Gasteiger partial charge on any atom is -0.542 e. The van der Waals surface area contributed by atoms with Crippen LogP contribution in [0.25, 0.3) is 0 Å². The van der Waals surface area contributed by atoms with Crippen molar-refractivity contribution in [2.24, 2.45) is 0 Å². The number of carbonyl (C=O) groups excluding carboxylic acids is 4. The molecule has 0 fully saturated rings. The molecule has 0 aliphatic carbocycles. The van der Waals surface area contributed by atoms with Crippen LogP contribution in [0.3, 0.4) is 0 Å². The second kappa shape index (κ2) is 15.7. The molecule has 4 heterocycles. The fraction of sp³-hybridized carbons (Fsp3) is 0. The van der Waals surface area contributed by atoms with Crippen molar-refractivity contribution in [3.8, 4) is 0 Å². The first kappa shape index (κ1) is 28.9. The minimum absolute atomic E-state index is 0. The van der Waals surface area contributed by atoms with Gasteiger partial charge in [0.1, 0.15) is 46.9 Å². The summed E-state index contributed by atoms with van der Waals surface area (Å²) >= 11 is 0. The monoisotopic (exact) mass is 534 g/mol. The van der Waals surface area contributed by atoms with Crippen LogP contribution in [-0.4, -0.2) is 23.9 Å². The summed E-state index contributed by atoms with van der Waals surface area (Å²) in [6, 6.07) is 11.3. The van der Waals surface area contributed by atoms with E-state index in [1.165, 1.54) is 73.6 Å². The Labute approximate surface area is 203 Å². The van der Waals surface area contributed by atoms with E-state index < -0.39 is 23.9 Å². The molecule has 168 valence electrons. The van der Waals surface area contributed by atoms with Crippen LogP contribution in [0.15, 0.2) is 91.3 Å². The molecular formula is C20H12O12Zr. The topological polar surface area (TPSA) is 213 Å². The summed E-state index contributed by atoms with van der Waals surface area (Å²) in [7, 11) is 0. The van der Waals surface area contributed by atoms with Crippen molar-refractivity contribution in [3.05, 3.63) is 96.6 Å². The van der Waals surface area contributed by atoms with E-state index in [9.17, 15) is 39.6 Å². The number of carbonyl (C=O) groups is 4. The van der Waals surface area contributed by atoms with Crippen molar-refractivity contribution in [1.29, 1.82) is 0 Å². The van der Waals surface area contributed by atoms with Crippen LogP contribution < -0.4 is 20.4 Å². The van der Waals surface area contributed by atoms with Crippen LogP contribution in [0.1, 0.15) is 42.2 Å². The van der Waals surface area contributed by atoms with Crippen molar-refractivity contribution in [2.45, 2.75) is 0 Å². The van der Waals surface area contributed by atoms with Crippen molar-refractivity contribution in [3.63, 3.8) is 0 Å². The Bertz CT molecular complexity index is 886. The Kier molecular flexibility index (Phi) is 13.7. The molecule has 0 saturated carbocycles. The van der Waals surface area contributed by atoms with E-state index in [0.717, 1.165) is 0 Å². The second-order valence-electron chi connectivity index (χ2n) is 5.06. The largest absolute Gasteiger partial charge is 4.00 e. The average molecular weight is 536 g/mol. The number of furan rings is 4. The summed E-state index contributed by atoms with van der Waals surface area (Å²) < 4.78 is 17.7. The third-order valence-corrected chi connectivity index (χ3v) is 2.89. The summed E-state index contributed by atoms with van der Waals surface area (Å²) in [6.45, 7) is 0. The second-order valence-corrected chi connectivity index (χ2v) is 5.06. The Morgan fingerprint density at radius 3 is 0.697 bits per heavy atom. The van der Waals surface area contributed by atoms with Gasteiger partial charge in [-0.3, -0.25) is 0 Å². The molecule has 4 aromatic rings. The molecule has 13 heteroatoms. The summed E-state index contributed by atoms with van der Waals surface area (Å²) in [4.78, 5) is 39.4. The first-order valence-electron chi connectivity index (χ1n) is 8.21. The molecule has 0 saturated heterocycles. The Morgan fingerprint density at radius 2 is 0.636 bits per heavy atom. The number of aromatic carboxylic acids is 4. The molecule has 4 aromatic heterocycles. The van der Waals surface area contributed by atoms with Gasteiger partial charge in [0.15, 0.2) is 0 Å². The third kappa shape index (κ3) is 11.7. The molecule has 0 amide bonds. The predicted octanol–water partition coefficient (Wildman–Crippen LogP) is -1.43. The van der Waals surface area contributed by atoms with Crippen LogP contribution >= 0.6 is 0 Å². The molecule has 0 N–H and O–H groups in total. The molecule has 0 radical (unpaired) electrons. The molecule has 0 bridgehead atoms. The molecule has 4 rings (SSSR count). The zero-order chi connectivity index (χ0) is 23.9. The summed E-state index contributed by atoms with van der Waals surface area (Å²) in [5, 5.41) is 39.4. The van der Waals surface area contributed by atoms with Crippen LogP contribution in [0.4, 0.5) is 0 Å². The number of carboxylic acids is 4. The van der Waals surface area contributed by atoms with Gasteiger partial charge in [0.05, 0.1) is 25.1 Å². The van der Waals surface area contributed by atoms with Crippen LogP contribution in [0.2, 0.25) is 0 Å². The fourth-order valence-corrected chi connectivity index (χ4v) is 1.58. The Morgan fingerprint density at radius 1 is 0.455 bits per heavy atom. The maximum atomic E-state index is 9.86. The van der Waals surface area contributed by atoms with Gasteiger partial charge in [-0.1, -0.05) is 0 Å². The molecule has 0 unspecified atom stereocenters. The fourth-order valence-electron chi connectivity index (χ4n) is 1.58. The smallest absolute Gasteiger partial charge is 0.542 e. The van der Waals surface area contributed by atoms with Crippen molar-refractivity contribution >= 4 is 23.9 Å². The average Bonchev–Trinajstić information content (AvgIpc) is 3.56. The van der Waals surface area contributed by atoms with Crippen molar-refractivity contribution in [2.75, 3.05) is 0 Å². The van der Waals surface area contributed by atoms with Gasteiger partial charge in [-0.25, -0.2) is 0 Å². The van der Waals surface area contributed by atoms with Crippen LogP contribution in [0, 0.1) is 0 Å². The van der Waals surface area contributed by atoms with Gasteiger partial charge in [0.2, 0.25) is 0 Å². The maximum Gasteiger partial charge on any atom is 4.00 e. The van der Waals surface area contributed by atoms with Gasteiger partial charge in [-0.2, -0.15) is 0 Å². The molecule has 0 aliphatic rings. The van der Waals surface area contributed by atoms with Gasteiger partial charge in [-0.05, 0) is 48.5 Å². The maximum absolute atomic E-state index is 9.86. The van der Waals surface area contributed by atoms with E-state index in [1.807, 2.05) is 0 Å². The quantitative estimate of drug-likeness (QED) is 0.294. The zero-order valence-corrected chi connectivity index (χ0v) is 18.8. The number of carboxylic acid groups (broad SMARTS) is 4. The van der Waals surface area contributed by atoms with E-state index in [2.05, 4.69) is 17.7 Å². The van der Waals surface area contributed by atoms with E-state index in [1.54, 1.807) is 0 Å². The van der Waals surface area contributed by atoms with Gasteiger partial charge >= 0.3 is 26.2 Å². The first-order valence-corrected chi connectivity index (χ1v) is 8.21. The van der Waals surface area contributed by atoms with Crippen LogP contribution in [-0.2, 0) is 26.2 Å². The minimum atomic E-state index is -1.28. The molecule has 0 aliphatic heterocycles. The summed E-state index contributed by atoms with van der Waals surface area (Å²) in [5.41, 5.74) is 0. The first-order chi connectivity index (χ1) is 15.2. The van der Waals surface area contributed by atoms with Gasteiger partial charge in [0.25, 0.3) is 0 Å². The van der Waals surface area contributed by atoms with Gasteiger partial charge < -0.3 is 57.3 Å². The molecule has 33 heavy (non-hydrogen) atoms. The predicted molar refractivity (Wildman–Crippen MR) is 92.2 cm³/mol. The van der Waals surface area contributed by atoms with E-state index in [4.69, 9.17) is 0 Å². The summed E-state index contributed by atoms with van der Waals surface area (Å²) in [6.07, 6.45) is 5.13. The Balaban J connectivity index is 0.000000410. The van der Waals surface area contributed by atoms with E-state index in [0.29, 0.717) is 0 Å². The van der Waals surface area contributed by atoms with E-state index >= 15 is 0 Å².